The lowest BCUT2D eigenvalue weighted by Crippen LogP contribution is -2.42. The van der Waals surface area contributed by atoms with Crippen molar-refractivity contribution in [1.82, 2.24) is 10.2 Å². The van der Waals surface area contributed by atoms with Gasteiger partial charge in [-0.15, -0.1) is 0 Å². The van der Waals surface area contributed by atoms with E-state index in [1.807, 2.05) is 18.2 Å². The molecule has 0 spiro atoms. The molecule has 0 saturated heterocycles. The van der Waals surface area contributed by atoms with Crippen molar-refractivity contribution in [2.24, 2.45) is 0 Å². The summed E-state index contributed by atoms with van der Waals surface area (Å²) in [6, 6.07) is 11.8. The quantitative estimate of drug-likeness (QED) is 0.838. The molecular weight excluding hydrogens is 281 g/mol. The summed E-state index contributed by atoms with van der Waals surface area (Å²) in [6.45, 7) is 1.64. The first-order chi connectivity index (χ1) is 10.6. The molecule has 0 aliphatic carbocycles. The van der Waals surface area contributed by atoms with Gasteiger partial charge < -0.3 is 16.0 Å². The van der Waals surface area contributed by atoms with E-state index in [0.717, 1.165) is 17.5 Å². The number of carbonyl (C=O) groups is 1. The molecule has 1 heterocycles. The van der Waals surface area contributed by atoms with E-state index >= 15 is 0 Å². The molecule has 4 nitrogen and oxygen atoms in total. The molecule has 3 N–H and O–H groups in total. The fourth-order valence-electron chi connectivity index (χ4n) is 2.64. The molecule has 2 aromatic carbocycles. The number of anilines is 1. The van der Waals surface area contributed by atoms with Crippen LogP contribution in [0.25, 0.3) is 0 Å². The van der Waals surface area contributed by atoms with Gasteiger partial charge >= 0.3 is 6.03 Å². The summed E-state index contributed by atoms with van der Waals surface area (Å²) < 4.78 is 12.8. The molecule has 22 heavy (non-hydrogen) atoms. The van der Waals surface area contributed by atoms with Crippen molar-refractivity contribution in [2.45, 2.75) is 19.5 Å². The predicted octanol–water partition coefficient (Wildman–Crippen LogP) is 2.68. The molecule has 0 fully saturated rings. The maximum atomic E-state index is 12.8. The van der Waals surface area contributed by atoms with Gasteiger partial charge in [0.05, 0.1) is 0 Å². The summed E-state index contributed by atoms with van der Waals surface area (Å²) in [5.41, 5.74) is 9.73. The van der Waals surface area contributed by atoms with Gasteiger partial charge in [-0.05, 0) is 47.4 Å². The number of rotatable bonds is 2. The standard InChI is InChI=1S/C17H18FN3O/c18-15-4-1-12(2-5-15)10-20-17(22)21-8-7-13-3-6-16(19)9-14(13)11-21/h1-6,9H,7-8,10-11,19H2,(H,20,22). The van der Waals surface area contributed by atoms with Gasteiger partial charge in [0, 0.05) is 25.3 Å². The smallest absolute Gasteiger partial charge is 0.317 e. The first kappa shape index (κ1) is 14.4. The highest BCUT2D eigenvalue weighted by atomic mass is 19.1. The third kappa shape index (κ3) is 3.19. The number of hydrogen-bond acceptors (Lipinski definition) is 2. The maximum absolute atomic E-state index is 12.8. The van der Waals surface area contributed by atoms with Crippen LogP contribution in [0.4, 0.5) is 14.9 Å². The summed E-state index contributed by atoms with van der Waals surface area (Å²) in [5, 5.41) is 2.87. The van der Waals surface area contributed by atoms with Crippen LogP contribution in [0.1, 0.15) is 16.7 Å². The zero-order chi connectivity index (χ0) is 15.5. The minimum atomic E-state index is -0.277. The summed E-state index contributed by atoms with van der Waals surface area (Å²) in [7, 11) is 0. The number of fused-ring (bicyclic) bond motifs is 1. The van der Waals surface area contributed by atoms with Crippen LogP contribution in [0, 0.1) is 5.82 Å². The lowest BCUT2D eigenvalue weighted by Gasteiger charge is -2.29. The van der Waals surface area contributed by atoms with E-state index in [1.54, 1.807) is 17.0 Å². The number of nitrogen functional groups attached to an aromatic ring is 1. The van der Waals surface area contributed by atoms with Gasteiger partial charge in [0.1, 0.15) is 5.82 Å². The lowest BCUT2D eigenvalue weighted by atomic mass is 9.99. The van der Waals surface area contributed by atoms with Crippen molar-refractivity contribution < 1.29 is 9.18 Å². The first-order valence-electron chi connectivity index (χ1n) is 7.26. The van der Waals surface area contributed by atoms with Crippen molar-refractivity contribution in [3.05, 3.63) is 65.0 Å². The number of hydrogen-bond donors (Lipinski definition) is 2. The second-order valence-electron chi connectivity index (χ2n) is 5.48. The second-order valence-corrected chi connectivity index (χ2v) is 5.48. The fraction of sp³-hybridized carbons (Fsp3) is 0.235. The number of benzene rings is 2. The van der Waals surface area contributed by atoms with Crippen LogP contribution >= 0.6 is 0 Å². The van der Waals surface area contributed by atoms with E-state index in [4.69, 9.17) is 5.73 Å². The van der Waals surface area contributed by atoms with Crippen molar-refractivity contribution in [3.8, 4) is 0 Å². The van der Waals surface area contributed by atoms with Crippen LogP contribution in [-0.4, -0.2) is 17.5 Å². The summed E-state index contributed by atoms with van der Waals surface area (Å²) in [4.78, 5) is 14.0. The Hall–Kier alpha value is -2.56. The molecule has 2 aromatic rings. The Labute approximate surface area is 128 Å². The third-order valence-corrected chi connectivity index (χ3v) is 3.89. The molecule has 1 aliphatic rings. The zero-order valence-electron chi connectivity index (χ0n) is 12.2. The number of amides is 2. The minimum absolute atomic E-state index is 0.114. The molecule has 1 aliphatic heterocycles. The van der Waals surface area contributed by atoms with E-state index in [1.165, 1.54) is 17.7 Å². The Bertz CT molecular complexity index is 685. The summed E-state index contributed by atoms with van der Waals surface area (Å²) in [5.74, 6) is -0.277. The van der Waals surface area contributed by atoms with Gasteiger partial charge in [0.15, 0.2) is 0 Å². The highest BCUT2D eigenvalue weighted by Gasteiger charge is 2.20. The van der Waals surface area contributed by atoms with E-state index in [0.29, 0.717) is 25.3 Å². The summed E-state index contributed by atoms with van der Waals surface area (Å²) >= 11 is 0. The molecule has 5 heteroatoms. The lowest BCUT2D eigenvalue weighted by molar-refractivity contribution is 0.192. The van der Waals surface area contributed by atoms with Gasteiger partial charge in [-0.25, -0.2) is 9.18 Å². The summed E-state index contributed by atoms with van der Waals surface area (Å²) in [6.07, 6.45) is 0.833. The van der Waals surface area contributed by atoms with Crippen LogP contribution in [0.15, 0.2) is 42.5 Å². The topological polar surface area (TPSA) is 58.4 Å². The molecular formula is C17H18FN3O. The minimum Gasteiger partial charge on any atom is -0.399 e. The van der Waals surface area contributed by atoms with Crippen LogP contribution in [0.2, 0.25) is 0 Å². The van der Waals surface area contributed by atoms with Crippen LogP contribution < -0.4 is 11.1 Å². The third-order valence-electron chi connectivity index (χ3n) is 3.89. The fourth-order valence-corrected chi connectivity index (χ4v) is 2.64. The Morgan fingerprint density at radius 1 is 1.18 bits per heavy atom. The van der Waals surface area contributed by atoms with E-state index < -0.39 is 0 Å². The average molecular weight is 299 g/mol. The van der Waals surface area contributed by atoms with E-state index in [9.17, 15) is 9.18 Å². The number of nitrogens with zero attached hydrogens (tertiary/aromatic N) is 1. The normalized spacial score (nSPS) is 13.6. The number of urea groups is 1. The number of halogens is 1. The average Bonchev–Trinajstić information content (AvgIpc) is 2.53. The molecule has 114 valence electrons. The van der Waals surface area contributed by atoms with Crippen molar-refractivity contribution >= 4 is 11.7 Å². The molecule has 0 bridgehead atoms. The van der Waals surface area contributed by atoms with Crippen molar-refractivity contribution in [2.75, 3.05) is 12.3 Å². The van der Waals surface area contributed by atoms with Crippen LogP contribution in [-0.2, 0) is 19.5 Å². The molecule has 0 radical (unpaired) electrons. The van der Waals surface area contributed by atoms with Crippen molar-refractivity contribution in [1.29, 1.82) is 0 Å². The molecule has 0 atom stereocenters. The Morgan fingerprint density at radius 3 is 2.73 bits per heavy atom. The molecule has 0 saturated carbocycles. The van der Waals surface area contributed by atoms with E-state index in [-0.39, 0.29) is 11.8 Å². The molecule has 0 unspecified atom stereocenters. The van der Waals surface area contributed by atoms with Gasteiger partial charge in [-0.2, -0.15) is 0 Å². The zero-order valence-corrected chi connectivity index (χ0v) is 12.2. The maximum Gasteiger partial charge on any atom is 0.317 e. The van der Waals surface area contributed by atoms with Gasteiger partial charge in [-0.1, -0.05) is 18.2 Å². The highest BCUT2D eigenvalue weighted by Crippen LogP contribution is 2.21. The molecule has 0 aromatic heterocycles. The SMILES string of the molecule is Nc1ccc2c(c1)CN(C(=O)NCc1ccc(F)cc1)CC2. The second kappa shape index (κ2) is 6.05. The number of nitrogens with two attached hydrogens (primary N) is 1. The number of carbonyl (C=O) groups excluding carboxylic acids is 1. The molecule has 3 rings (SSSR count). The van der Waals surface area contributed by atoms with E-state index in [2.05, 4.69) is 5.32 Å². The largest absolute Gasteiger partial charge is 0.399 e. The Balaban J connectivity index is 1.60. The van der Waals surface area contributed by atoms with Crippen LogP contribution in [0.5, 0.6) is 0 Å². The first-order valence-corrected chi connectivity index (χ1v) is 7.26. The molecule has 2 amide bonds. The number of nitrogens with one attached hydrogen (secondary N) is 1. The van der Waals surface area contributed by atoms with Crippen molar-refractivity contribution in [3.63, 3.8) is 0 Å². The monoisotopic (exact) mass is 299 g/mol. The van der Waals surface area contributed by atoms with Gasteiger partial charge in [0.2, 0.25) is 0 Å². The highest BCUT2D eigenvalue weighted by molar-refractivity contribution is 5.74. The van der Waals surface area contributed by atoms with Gasteiger partial charge in [0.25, 0.3) is 0 Å². The van der Waals surface area contributed by atoms with Gasteiger partial charge in [-0.3, -0.25) is 0 Å². The Morgan fingerprint density at radius 2 is 1.95 bits per heavy atom. The predicted molar refractivity (Wildman–Crippen MR) is 83.6 cm³/mol. The Kier molecular flexibility index (Phi) is 3.96. The van der Waals surface area contributed by atoms with Crippen LogP contribution in [0.3, 0.4) is 0 Å².